The lowest BCUT2D eigenvalue weighted by Crippen LogP contribution is -2.49. The smallest absolute Gasteiger partial charge is 0.234 e. The summed E-state index contributed by atoms with van der Waals surface area (Å²) in [6.07, 6.45) is 1.65. The molecular weight excluding hydrogens is 294 g/mol. The van der Waals surface area contributed by atoms with Crippen molar-refractivity contribution < 1.29 is 14.0 Å². The number of piperazine rings is 1. The fourth-order valence-electron chi connectivity index (χ4n) is 3.00. The highest BCUT2D eigenvalue weighted by molar-refractivity contribution is 5.99. The number of rotatable bonds is 5. The van der Waals surface area contributed by atoms with Gasteiger partial charge in [0.25, 0.3) is 0 Å². The predicted molar refractivity (Wildman–Crippen MR) is 85.5 cm³/mol. The Bertz CT molecular complexity index is 716. The third-order valence-corrected chi connectivity index (χ3v) is 4.25. The van der Waals surface area contributed by atoms with Crippen LogP contribution in [0.2, 0.25) is 0 Å². The summed E-state index contributed by atoms with van der Waals surface area (Å²) in [6.45, 7) is 6.43. The molecule has 1 amide bonds. The quantitative estimate of drug-likeness (QED) is 0.846. The second kappa shape index (κ2) is 6.42. The molecule has 3 rings (SSSR count). The van der Waals surface area contributed by atoms with Crippen LogP contribution < -0.4 is 5.32 Å². The minimum absolute atomic E-state index is 0.0210. The van der Waals surface area contributed by atoms with Crippen LogP contribution in [0.15, 0.2) is 28.9 Å². The zero-order valence-electron chi connectivity index (χ0n) is 13.5. The molecule has 6 nitrogen and oxygen atoms in total. The van der Waals surface area contributed by atoms with Crippen LogP contribution in [-0.2, 0) is 11.3 Å². The molecule has 0 bridgehead atoms. The van der Waals surface area contributed by atoms with Crippen molar-refractivity contribution in [2.45, 2.75) is 20.4 Å². The van der Waals surface area contributed by atoms with Crippen molar-refractivity contribution in [3.05, 3.63) is 47.2 Å². The van der Waals surface area contributed by atoms with Crippen molar-refractivity contribution in [2.24, 2.45) is 0 Å². The highest BCUT2D eigenvalue weighted by Crippen LogP contribution is 2.18. The lowest BCUT2D eigenvalue weighted by molar-refractivity contribution is -0.123. The number of aryl methyl sites for hydroxylation is 1. The van der Waals surface area contributed by atoms with Crippen molar-refractivity contribution >= 4 is 11.7 Å². The van der Waals surface area contributed by atoms with Gasteiger partial charge in [-0.3, -0.25) is 14.5 Å². The van der Waals surface area contributed by atoms with Crippen molar-refractivity contribution in [3.63, 3.8) is 0 Å². The van der Waals surface area contributed by atoms with Crippen LogP contribution in [0, 0.1) is 13.8 Å². The number of ketones is 1. The molecule has 0 radical (unpaired) electrons. The molecule has 1 aliphatic heterocycles. The Morgan fingerprint density at radius 1 is 1.39 bits per heavy atom. The molecule has 2 aromatic heterocycles. The summed E-state index contributed by atoms with van der Waals surface area (Å²) in [5.41, 5.74) is 2.68. The number of nitrogens with one attached hydrogen (secondary N) is 1. The maximum absolute atomic E-state index is 12.6. The van der Waals surface area contributed by atoms with Gasteiger partial charge in [-0.15, -0.1) is 0 Å². The average molecular weight is 315 g/mol. The molecule has 0 spiro atoms. The van der Waals surface area contributed by atoms with E-state index in [4.69, 9.17) is 4.42 Å². The molecule has 1 fully saturated rings. The van der Waals surface area contributed by atoms with Crippen molar-refractivity contribution in [1.29, 1.82) is 0 Å². The van der Waals surface area contributed by atoms with E-state index in [9.17, 15) is 9.59 Å². The molecule has 1 aliphatic rings. The molecule has 6 heteroatoms. The lowest BCUT2D eigenvalue weighted by atomic mass is 10.1. The van der Waals surface area contributed by atoms with Gasteiger partial charge in [0.1, 0.15) is 5.76 Å². The standard InChI is InChI=1S/C17H21N3O3/c1-12-8-15(13(2)20(12)9-14-4-3-7-23-14)16(21)10-19-6-5-18-17(22)11-19/h3-4,7-8H,5-6,9-11H2,1-2H3,(H,18,22). The van der Waals surface area contributed by atoms with Gasteiger partial charge in [-0.1, -0.05) is 0 Å². The molecule has 0 saturated carbocycles. The topological polar surface area (TPSA) is 67.5 Å². The SMILES string of the molecule is Cc1cc(C(=O)CN2CCNC(=O)C2)c(C)n1Cc1ccco1. The lowest BCUT2D eigenvalue weighted by Gasteiger charge is -2.25. The minimum Gasteiger partial charge on any atom is -0.467 e. The Labute approximate surface area is 135 Å². The second-order valence-corrected chi connectivity index (χ2v) is 5.93. The Kier molecular flexibility index (Phi) is 4.34. The maximum atomic E-state index is 12.6. The zero-order valence-corrected chi connectivity index (χ0v) is 13.5. The molecule has 122 valence electrons. The monoisotopic (exact) mass is 315 g/mol. The number of carbonyl (C=O) groups is 2. The number of hydrogen-bond acceptors (Lipinski definition) is 4. The highest BCUT2D eigenvalue weighted by Gasteiger charge is 2.22. The van der Waals surface area contributed by atoms with Crippen LogP contribution in [0.1, 0.15) is 27.5 Å². The van der Waals surface area contributed by atoms with E-state index in [0.717, 1.165) is 22.7 Å². The van der Waals surface area contributed by atoms with E-state index in [1.165, 1.54) is 0 Å². The van der Waals surface area contributed by atoms with E-state index >= 15 is 0 Å². The largest absolute Gasteiger partial charge is 0.467 e. The third-order valence-electron chi connectivity index (χ3n) is 4.25. The number of furan rings is 1. The summed E-state index contributed by atoms with van der Waals surface area (Å²) >= 11 is 0. The molecule has 1 saturated heterocycles. The Morgan fingerprint density at radius 3 is 2.91 bits per heavy atom. The molecular formula is C17H21N3O3. The van der Waals surface area contributed by atoms with Gasteiger partial charge < -0.3 is 14.3 Å². The van der Waals surface area contributed by atoms with Gasteiger partial charge in [0.15, 0.2) is 5.78 Å². The first-order chi connectivity index (χ1) is 11.0. The number of Topliss-reactive ketones (excluding diaryl/α,β-unsaturated/α-hetero) is 1. The number of hydrogen-bond donors (Lipinski definition) is 1. The average Bonchev–Trinajstić information content (AvgIpc) is 3.11. The summed E-state index contributed by atoms with van der Waals surface area (Å²) in [6, 6.07) is 5.70. The summed E-state index contributed by atoms with van der Waals surface area (Å²) in [5.74, 6) is 0.893. The Hall–Kier alpha value is -2.34. The normalized spacial score (nSPS) is 15.7. The van der Waals surface area contributed by atoms with Crippen LogP contribution in [0.25, 0.3) is 0 Å². The molecule has 2 aromatic rings. The number of nitrogens with zero attached hydrogens (tertiary/aromatic N) is 2. The van der Waals surface area contributed by atoms with E-state index in [2.05, 4.69) is 9.88 Å². The summed E-state index contributed by atoms with van der Waals surface area (Å²) in [5, 5.41) is 2.77. The van der Waals surface area contributed by atoms with Gasteiger partial charge in [-0.25, -0.2) is 0 Å². The number of amides is 1. The van der Waals surface area contributed by atoms with Crippen LogP contribution in [0.3, 0.4) is 0 Å². The highest BCUT2D eigenvalue weighted by atomic mass is 16.3. The maximum Gasteiger partial charge on any atom is 0.234 e. The fraction of sp³-hybridized carbons (Fsp3) is 0.412. The molecule has 0 aliphatic carbocycles. The molecule has 1 N–H and O–H groups in total. The molecule has 0 atom stereocenters. The van der Waals surface area contributed by atoms with Crippen LogP contribution >= 0.6 is 0 Å². The summed E-state index contributed by atoms with van der Waals surface area (Å²) in [7, 11) is 0. The van der Waals surface area contributed by atoms with E-state index in [1.54, 1.807) is 6.26 Å². The van der Waals surface area contributed by atoms with E-state index in [1.807, 2.05) is 36.9 Å². The first kappa shape index (κ1) is 15.6. The van der Waals surface area contributed by atoms with Crippen LogP contribution in [-0.4, -0.2) is 47.3 Å². The minimum atomic E-state index is -0.0210. The molecule has 0 unspecified atom stereocenters. The first-order valence-corrected chi connectivity index (χ1v) is 7.76. The number of aromatic nitrogens is 1. The van der Waals surface area contributed by atoms with E-state index in [-0.39, 0.29) is 24.8 Å². The molecule has 0 aromatic carbocycles. The first-order valence-electron chi connectivity index (χ1n) is 7.76. The van der Waals surface area contributed by atoms with Crippen LogP contribution in [0.5, 0.6) is 0 Å². The van der Waals surface area contributed by atoms with Gasteiger partial charge in [-0.05, 0) is 32.0 Å². The van der Waals surface area contributed by atoms with Gasteiger partial charge in [0.05, 0.1) is 25.9 Å². The second-order valence-electron chi connectivity index (χ2n) is 5.93. The van der Waals surface area contributed by atoms with Crippen molar-refractivity contribution in [1.82, 2.24) is 14.8 Å². The molecule has 3 heterocycles. The number of carbonyl (C=O) groups excluding carboxylic acids is 2. The van der Waals surface area contributed by atoms with E-state index in [0.29, 0.717) is 19.6 Å². The van der Waals surface area contributed by atoms with Gasteiger partial charge >= 0.3 is 0 Å². The van der Waals surface area contributed by atoms with Gasteiger partial charge in [0.2, 0.25) is 5.91 Å². The predicted octanol–water partition coefficient (Wildman–Crippen LogP) is 1.36. The van der Waals surface area contributed by atoms with Gasteiger partial charge in [0, 0.05) is 30.0 Å². The van der Waals surface area contributed by atoms with Crippen molar-refractivity contribution in [3.8, 4) is 0 Å². The Morgan fingerprint density at radius 2 is 2.22 bits per heavy atom. The zero-order chi connectivity index (χ0) is 16.4. The summed E-state index contributed by atoms with van der Waals surface area (Å²) < 4.78 is 7.47. The molecule has 23 heavy (non-hydrogen) atoms. The third kappa shape index (κ3) is 3.37. The Balaban J connectivity index is 1.74. The summed E-state index contributed by atoms with van der Waals surface area (Å²) in [4.78, 5) is 25.9. The van der Waals surface area contributed by atoms with E-state index < -0.39 is 0 Å². The van der Waals surface area contributed by atoms with Gasteiger partial charge in [-0.2, -0.15) is 0 Å². The van der Waals surface area contributed by atoms with Crippen LogP contribution in [0.4, 0.5) is 0 Å². The van der Waals surface area contributed by atoms with Crippen molar-refractivity contribution in [2.75, 3.05) is 26.2 Å². The fourth-order valence-corrected chi connectivity index (χ4v) is 3.00.